The third-order valence-electron chi connectivity index (χ3n) is 3.03. The van der Waals surface area contributed by atoms with Crippen LogP contribution < -0.4 is 4.72 Å². The second-order valence-electron chi connectivity index (χ2n) is 4.62. The molecule has 0 aliphatic rings. The van der Waals surface area contributed by atoms with E-state index in [0.717, 1.165) is 6.07 Å². The van der Waals surface area contributed by atoms with Crippen LogP contribution in [0.3, 0.4) is 0 Å². The van der Waals surface area contributed by atoms with E-state index in [0.29, 0.717) is 13.0 Å². The Morgan fingerprint density at radius 1 is 1.27 bits per heavy atom. The summed E-state index contributed by atoms with van der Waals surface area (Å²) in [6, 6.07) is 7.39. The van der Waals surface area contributed by atoms with E-state index in [9.17, 15) is 13.2 Å². The van der Waals surface area contributed by atoms with Gasteiger partial charge in [0, 0.05) is 25.5 Å². The Balaban J connectivity index is 2.00. The molecule has 2 rings (SSSR count). The number of carboxylic acid groups (broad SMARTS) is 1. The Morgan fingerprint density at radius 2 is 1.95 bits per heavy atom. The van der Waals surface area contributed by atoms with Gasteiger partial charge in [0.1, 0.15) is 0 Å². The van der Waals surface area contributed by atoms with Crippen LogP contribution in [0.15, 0.2) is 47.6 Å². The third-order valence-corrected chi connectivity index (χ3v) is 4.82. The molecule has 22 heavy (non-hydrogen) atoms. The molecule has 0 saturated heterocycles. The molecule has 118 valence electrons. The van der Waals surface area contributed by atoms with Crippen molar-refractivity contribution in [2.45, 2.75) is 17.9 Å². The fourth-order valence-electron chi connectivity index (χ4n) is 1.91. The standard InChI is InChI=1S/C14H15ClN2O4S/c15-13-5-4-11(10-12(13)14(18)19)22(20,21)16-6-3-9-17-7-1-2-8-17/h1-2,4-5,7-8,10,16H,3,6,9H2,(H,18,19). The molecule has 0 unspecified atom stereocenters. The molecule has 1 aromatic heterocycles. The normalized spacial score (nSPS) is 11.5. The first-order chi connectivity index (χ1) is 10.4. The average Bonchev–Trinajstić information content (AvgIpc) is 2.97. The maximum atomic E-state index is 12.1. The van der Waals surface area contributed by atoms with E-state index in [1.807, 2.05) is 29.1 Å². The van der Waals surface area contributed by atoms with Gasteiger partial charge in [-0.3, -0.25) is 0 Å². The molecule has 0 aliphatic heterocycles. The molecular weight excluding hydrogens is 328 g/mol. The van der Waals surface area contributed by atoms with Gasteiger partial charge in [0.15, 0.2) is 0 Å². The largest absolute Gasteiger partial charge is 0.478 e. The molecule has 0 atom stereocenters. The van der Waals surface area contributed by atoms with Crippen molar-refractivity contribution in [2.24, 2.45) is 0 Å². The first-order valence-corrected chi connectivity index (χ1v) is 8.39. The van der Waals surface area contributed by atoms with Crippen LogP contribution in [0.5, 0.6) is 0 Å². The first-order valence-electron chi connectivity index (χ1n) is 6.53. The zero-order chi connectivity index (χ0) is 16.2. The van der Waals surface area contributed by atoms with Gasteiger partial charge < -0.3 is 9.67 Å². The Kier molecular flexibility index (Phi) is 5.23. The number of hydrogen-bond acceptors (Lipinski definition) is 3. The lowest BCUT2D eigenvalue weighted by Gasteiger charge is -2.08. The summed E-state index contributed by atoms with van der Waals surface area (Å²) in [7, 11) is -3.76. The van der Waals surface area contributed by atoms with Crippen LogP contribution in [0.1, 0.15) is 16.8 Å². The second kappa shape index (κ2) is 6.95. The highest BCUT2D eigenvalue weighted by atomic mass is 35.5. The molecule has 0 spiro atoms. The smallest absolute Gasteiger partial charge is 0.337 e. The summed E-state index contributed by atoms with van der Waals surface area (Å²) in [5.41, 5.74) is -0.239. The van der Waals surface area contributed by atoms with Crippen molar-refractivity contribution in [2.75, 3.05) is 6.54 Å². The fourth-order valence-corrected chi connectivity index (χ4v) is 3.20. The molecular formula is C14H15ClN2O4S. The number of aromatic carboxylic acids is 1. The number of hydrogen-bond donors (Lipinski definition) is 2. The van der Waals surface area contributed by atoms with Gasteiger partial charge >= 0.3 is 5.97 Å². The van der Waals surface area contributed by atoms with E-state index in [2.05, 4.69) is 4.72 Å². The molecule has 1 heterocycles. The number of carboxylic acids is 1. The predicted octanol–water partition coefficient (Wildman–Crippen LogP) is 2.21. The monoisotopic (exact) mass is 342 g/mol. The fraction of sp³-hybridized carbons (Fsp3) is 0.214. The van der Waals surface area contributed by atoms with Crippen LogP contribution in [0.25, 0.3) is 0 Å². The van der Waals surface area contributed by atoms with Gasteiger partial charge in [-0.05, 0) is 36.8 Å². The molecule has 0 saturated carbocycles. The number of halogens is 1. The number of nitrogens with one attached hydrogen (secondary N) is 1. The summed E-state index contributed by atoms with van der Waals surface area (Å²) >= 11 is 5.73. The molecule has 2 aromatic rings. The lowest BCUT2D eigenvalue weighted by atomic mass is 10.2. The summed E-state index contributed by atoms with van der Waals surface area (Å²) in [5.74, 6) is -1.27. The van der Waals surface area contributed by atoms with Crippen molar-refractivity contribution in [3.8, 4) is 0 Å². The van der Waals surface area contributed by atoms with Crippen LogP contribution in [-0.2, 0) is 16.6 Å². The van der Waals surface area contributed by atoms with Gasteiger partial charge in [0.2, 0.25) is 10.0 Å². The lowest BCUT2D eigenvalue weighted by molar-refractivity contribution is 0.0697. The van der Waals surface area contributed by atoms with Crippen molar-refractivity contribution in [3.63, 3.8) is 0 Å². The molecule has 2 N–H and O–H groups in total. The number of nitrogens with zero attached hydrogens (tertiary/aromatic N) is 1. The van der Waals surface area contributed by atoms with Crippen molar-refractivity contribution in [1.82, 2.24) is 9.29 Å². The molecule has 0 aliphatic carbocycles. The van der Waals surface area contributed by atoms with Crippen LogP contribution in [0, 0.1) is 0 Å². The van der Waals surface area contributed by atoms with E-state index in [-0.39, 0.29) is 22.0 Å². The minimum absolute atomic E-state index is 0.000872. The quantitative estimate of drug-likeness (QED) is 0.755. The maximum absolute atomic E-state index is 12.1. The molecule has 8 heteroatoms. The zero-order valence-corrected chi connectivity index (χ0v) is 13.1. The topological polar surface area (TPSA) is 88.4 Å². The van der Waals surface area contributed by atoms with Crippen LogP contribution in [0.4, 0.5) is 0 Å². The summed E-state index contributed by atoms with van der Waals surface area (Å²) < 4.78 is 28.6. The summed E-state index contributed by atoms with van der Waals surface area (Å²) in [6.07, 6.45) is 4.41. The average molecular weight is 343 g/mol. The summed E-state index contributed by atoms with van der Waals surface area (Å²) in [4.78, 5) is 10.9. The van der Waals surface area contributed by atoms with Gasteiger partial charge in [-0.2, -0.15) is 0 Å². The van der Waals surface area contributed by atoms with Gasteiger partial charge in [-0.15, -0.1) is 0 Å². The molecule has 6 nitrogen and oxygen atoms in total. The molecule has 1 aromatic carbocycles. The van der Waals surface area contributed by atoms with E-state index in [1.165, 1.54) is 12.1 Å². The maximum Gasteiger partial charge on any atom is 0.337 e. The third kappa shape index (κ3) is 4.09. The number of sulfonamides is 1. The highest BCUT2D eigenvalue weighted by Crippen LogP contribution is 2.20. The molecule has 0 bridgehead atoms. The Morgan fingerprint density at radius 3 is 2.59 bits per heavy atom. The van der Waals surface area contributed by atoms with Gasteiger partial charge in [-0.1, -0.05) is 11.6 Å². The molecule has 0 amide bonds. The highest BCUT2D eigenvalue weighted by molar-refractivity contribution is 7.89. The lowest BCUT2D eigenvalue weighted by Crippen LogP contribution is -2.25. The van der Waals surface area contributed by atoms with E-state index in [1.54, 1.807) is 0 Å². The minimum Gasteiger partial charge on any atom is -0.478 e. The van der Waals surface area contributed by atoms with Crippen molar-refractivity contribution < 1.29 is 18.3 Å². The van der Waals surface area contributed by atoms with Gasteiger partial charge in [0.25, 0.3) is 0 Å². The van der Waals surface area contributed by atoms with Crippen molar-refractivity contribution in [3.05, 3.63) is 53.3 Å². The highest BCUT2D eigenvalue weighted by Gasteiger charge is 2.17. The molecule has 0 radical (unpaired) electrons. The minimum atomic E-state index is -3.76. The van der Waals surface area contributed by atoms with Crippen molar-refractivity contribution >= 4 is 27.6 Å². The number of aryl methyl sites for hydroxylation is 1. The van der Waals surface area contributed by atoms with Crippen LogP contribution >= 0.6 is 11.6 Å². The Hall–Kier alpha value is -1.83. The number of aromatic nitrogens is 1. The predicted molar refractivity (Wildman–Crippen MR) is 82.6 cm³/mol. The zero-order valence-electron chi connectivity index (χ0n) is 11.6. The number of rotatable bonds is 7. The summed E-state index contributed by atoms with van der Waals surface area (Å²) in [6.45, 7) is 0.946. The van der Waals surface area contributed by atoms with E-state index in [4.69, 9.17) is 16.7 Å². The number of benzene rings is 1. The van der Waals surface area contributed by atoms with E-state index < -0.39 is 16.0 Å². The number of carbonyl (C=O) groups is 1. The van der Waals surface area contributed by atoms with Crippen LogP contribution in [-0.4, -0.2) is 30.6 Å². The van der Waals surface area contributed by atoms with Gasteiger partial charge in [-0.25, -0.2) is 17.9 Å². The SMILES string of the molecule is O=C(O)c1cc(S(=O)(=O)NCCCn2cccc2)ccc1Cl. The first kappa shape index (κ1) is 16.5. The Bertz CT molecular complexity index is 757. The van der Waals surface area contributed by atoms with Crippen molar-refractivity contribution in [1.29, 1.82) is 0 Å². The Labute approximate surface area is 133 Å². The molecule has 0 fully saturated rings. The summed E-state index contributed by atoms with van der Waals surface area (Å²) in [5, 5.41) is 8.97. The van der Waals surface area contributed by atoms with Gasteiger partial charge in [0.05, 0.1) is 15.5 Å². The second-order valence-corrected chi connectivity index (χ2v) is 6.79. The van der Waals surface area contributed by atoms with E-state index >= 15 is 0 Å². The van der Waals surface area contributed by atoms with Crippen LogP contribution in [0.2, 0.25) is 5.02 Å².